The summed E-state index contributed by atoms with van der Waals surface area (Å²) in [4.78, 5) is 0. The maximum absolute atomic E-state index is 5.48. The molecule has 2 rings (SSSR count). The number of H-pyrrole nitrogens is 1. The molecule has 0 radical (unpaired) electrons. The van der Waals surface area contributed by atoms with Gasteiger partial charge in [0.05, 0.1) is 17.6 Å². The van der Waals surface area contributed by atoms with Crippen LogP contribution >= 0.6 is 15.9 Å². The third-order valence-corrected chi connectivity index (χ3v) is 3.18. The first kappa shape index (κ1) is 13.1. The molecule has 1 heterocycles. The van der Waals surface area contributed by atoms with Crippen molar-refractivity contribution in [1.29, 1.82) is 0 Å². The van der Waals surface area contributed by atoms with Crippen LogP contribution in [-0.2, 0) is 6.42 Å². The van der Waals surface area contributed by atoms with E-state index < -0.39 is 0 Å². The maximum Gasteiger partial charge on any atom is 0.0759 e. The fourth-order valence-electron chi connectivity index (χ4n) is 1.78. The quantitative estimate of drug-likeness (QED) is 0.718. The number of nitrogens with two attached hydrogens (primary N) is 1. The van der Waals surface area contributed by atoms with E-state index in [1.807, 2.05) is 18.3 Å². The van der Waals surface area contributed by atoms with E-state index in [1.165, 1.54) is 5.56 Å². The Morgan fingerprint density at radius 3 is 3.06 bits per heavy atom. The van der Waals surface area contributed by atoms with Gasteiger partial charge < -0.3 is 11.1 Å². The van der Waals surface area contributed by atoms with Gasteiger partial charge in [0.25, 0.3) is 0 Å². The Bertz CT molecular complexity index is 495. The van der Waals surface area contributed by atoms with Gasteiger partial charge in [-0.2, -0.15) is 5.10 Å². The van der Waals surface area contributed by atoms with E-state index in [4.69, 9.17) is 5.73 Å². The van der Waals surface area contributed by atoms with E-state index in [-0.39, 0.29) is 0 Å². The maximum atomic E-state index is 5.48. The van der Waals surface area contributed by atoms with Crippen molar-refractivity contribution in [2.75, 3.05) is 18.4 Å². The van der Waals surface area contributed by atoms with Gasteiger partial charge in [0, 0.05) is 17.4 Å². The highest BCUT2D eigenvalue weighted by Crippen LogP contribution is 2.18. The second kappa shape index (κ2) is 6.56. The van der Waals surface area contributed by atoms with E-state index in [9.17, 15) is 0 Å². The molecule has 96 valence electrons. The molecule has 5 heteroatoms. The first-order chi connectivity index (χ1) is 8.79. The van der Waals surface area contributed by atoms with Crippen molar-refractivity contribution in [2.45, 2.75) is 12.8 Å². The lowest BCUT2D eigenvalue weighted by Gasteiger charge is -2.06. The average Bonchev–Trinajstić information content (AvgIpc) is 2.77. The van der Waals surface area contributed by atoms with Crippen LogP contribution < -0.4 is 11.1 Å². The number of benzene rings is 1. The van der Waals surface area contributed by atoms with Crippen LogP contribution in [0.4, 0.5) is 5.69 Å². The summed E-state index contributed by atoms with van der Waals surface area (Å²) in [5.74, 6) is 0. The zero-order valence-corrected chi connectivity index (χ0v) is 11.7. The molecule has 0 aliphatic heterocycles. The zero-order chi connectivity index (χ0) is 12.8. The molecule has 0 fully saturated rings. The van der Waals surface area contributed by atoms with Gasteiger partial charge in [-0.15, -0.1) is 0 Å². The van der Waals surface area contributed by atoms with Crippen molar-refractivity contribution in [3.05, 3.63) is 46.2 Å². The predicted octanol–water partition coefficient (Wildman–Crippen LogP) is 2.52. The first-order valence-electron chi connectivity index (χ1n) is 6.00. The van der Waals surface area contributed by atoms with Gasteiger partial charge in [-0.25, -0.2) is 0 Å². The molecule has 1 aromatic carbocycles. The summed E-state index contributed by atoms with van der Waals surface area (Å²) in [5, 5.41) is 10.5. The first-order valence-corrected chi connectivity index (χ1v) is 6.79. The number of nitrogens with one attached hydrogen (secondary N) is 2. The van der Waals surface area contributed by atoms with E-state index in [1.54, 1.807) is 0 Å². The highest BCUT2D eigenvalue weighted by Gasteiger charge is 2.05. The van der Waals surface area contributed by atoms with Crippen molar-refractivity contribution in [3.63, 3.8) is 0 Å². The molecule has 0 aliphatic carbocycles. The summed E-state index contributed by atoms with van der Waals surface area (Å²) >= 11 is 3.48. The van der Waals surface area contributed by atoms with E-state index in [2.05, 4.69) is 43.6 Å². The van der Waals surface area contributed by atoms with Crippen LogP contribution in [0, 0.1) is 0 Å². The number of aromatic nitrogens is 2. The smallest absolute Gasteiger partial charge is 0.0759 e. The minimum absolute atomic E-state index is 0.700. The highest BCUT2D eigenvalue weighted by atomic mass is 79.9. The molecule has 0 atom stereocenters. The third kappa shape index (κ3) is 3.58. The summed E-state index contributed by atoms with van der Waals surface area (Å²) in [7, 11) is 0. The lowest BCUT2D eigenvalue weighted by Crippen LogP contribution is -2.09. The summed E-state index contributed by atoms with van der Waals surface area (Å²) in [6.07, 6.45) is 3.62. The average molecular weight is 309 g/mol. The molecule has 4 nitrogen and oxygen atoms in total. The molecular weight excluding hydrogens is 292 g/mol. The Morgan fingerprint density at radius 1 is 1.39 bits per heavy atom. The van der Waals surface area contributed by atoms with Crippen molar-refractivity contribution < 1.29 is 0 Å². The molecule has 0 amide bonds. The molecule has 18 heavy (non-hydrogen) atoms. The zero-order valence-electron chi connectivity index (χ0n) is 10.1. The number of anilines is 1. The van der Waals surface area contributed by atoms with Crippen molar-refractivity contribution in [3.8, 4) is 0 Å². The number of hydrogen-bond acceptors (Lipinski definition) is 3. The lowest BCUT2D eigenvalue weighted by molar-refractivity contribution is 0.872. The topological polar surface area (TPSA) is 66.7 Å². The Kier molecular flexibility index (Phi) is 4.78. The van der Waals surface area contributed by atoms with Crippen LogP contribution in [0.2, 0.25) is 0 Å². The fraction of sp³-hybridized carbons (Fsp3) is 0.308. The van der Waals surface area contributed by atoms with Crippen molar-refractivity contribution in [2.24, 2.45) is 5.73 Å². The Balaban J connectivity index is 2.03. The van der Waals surface area contributed by atoms with E-state index in [0.29, 0.717) is 6.54 Å². The van der Waals surface area contributed by atoms with Gasteiger partial charge in [0.2, 0.25) is 0 Å². The Labute approximate surface area is 115 Å². The SMILES string of the molecule is NCCCNc1cn[nH]c1Cc1cccc(Br)c1. The highest BCUT2D eigenvalue weighted by molar-refractivity contribution is 9.10. The Hall–Kier alpha value is -1.33. The molecule has 0 bridgehead atoms. The normalized spacial score (nSPS) is 10.6. The van der Waals surface area contributed by atoms with Crippen LogP contribution in [-0.4, -0.2) is 23.3 Å². The summed E-state index contributed by atoms with van der Waals surface area (Å²) in [5.41, 5.74) is 8.88. The van der Waals surface area contributed by atoms with Crippen LogP contribution in [0.3, 0.4) is 0 Å². The lowest BCUT2D eigenvalue weighted by atomic mass is 10.1. The van der Waals surface area contributed by atoms with Crippen molar-refractivity contribution >= 4 is 21.6 Å². The molecule has 0 saturated heterocycles. The fourth-order valence-corrected chi connectivity index (χ4v) is 2.22. The minimum atomic E-state index is 0.700. The van der Waals surface area contributed by atoms with Crippen LogP contribution in [0.5, 0.6) is 0 Å². The van der Waals surface area contributed by atoms with E-state index in [0.717, 1.165) is 35.2 Å². The summed E-state index contributed by atoms with van der Waals surface area (Å²) in [6.45, 7) is 1.58. The number of hydrogen-bond donors (Lipinski definition) is 3. The molecule has 0 saturated carbocycles. The molecule has 0 aliphatic rings. The molecule has 4 N–H and O–H groups in total. The monoisotopic (exact) mass is 308 g/mol. The Morgan fingerprint density at radius 2 is 2.28 bits per heavy atom. The second-order valence-electron chi connectivity index (χ2n) is 4.14. The van der Waals surface area contributed by atoms with Crippen LogP contribution in [0.1, 0.15) is 17.7 Å². The minimum Gasteiger partial charge on any atom is -0.382 e. The van der Waals surface area contributed by atoms with E-state index >= 15 is 0 Å². The van der Waals surface area contributed by atoms with Gasteiger partial charge in [-0.1, -0.05) is 28.1 Å². The van der Waals surface area contributed by atoms with Gasteiger partial charge in [-0.3, -0.25) is 5.10 Å². The van der Waals surface area contributed by atoms with Crippen LogP contribution in [0.15, 0.2) is 34.9 Å². The predicted molar refractivity (Wildman–Crippen MR) is 77.7 cm³/mol. The largest absolute Gasteiger partial charge is 0.382 e. The number of halogens is 1. The summed E-state index contributed by atoms with van der Waals surface area (Å²) < 4.78 is 1.09. The van der Waals surface area contributed by atoms with Gasteiger partial charge in [0.15, 0.2) is 0 Å². The molecular formula is C13H17BrN4. The third-order valence-electron chi connectivity index (χ3n) is 2.68. The molecule has 0 unspecified atom stereocenters. The molecule has 2 aromatic rings. The summed E-state index contributed by atoms with van der Waals surface area (Å²) in [6, 6.07) is 8.29. The number of aromatic amines is 1. The van der Waals surface area contributed by atoms with Crippen molar-refractivity contribution in [1.82, 2.24) is 10.2 Å². The number of nitrogens with zero attached hydrogens (tertiary/aromatic N) is 1. The van der Waals surface area contributed by atoms with Gasteiger partial charge in [-0.05, 0) is 30.7 Å². The molecule has 1 aromatic heterocycles. The standard InChI is InChI=1S/C13H17BrN4/c14-11-4-1-3-10(7-11)8-12-13(9-17-18-12)16-6-2-5-15/h1,3-4,7,9,16H,2,5-6,8,15H2,(H,17,18). The second-order valence-corrected chi connectivity index (χ2v) is 5.05. The number of rotatable bonds is 6. The van der Waals surface area contributed by atoms with Crippen LogP contribution in [0.25, 0.3) is 0 Å². The van der Waals surface area contributed by atoms with Gasteiger partial charge >= 0.3 is 0 Å². The molecule has 0 spiro atoms. The van der Waals surface area contributed by atoms with Gasteiger partial charge in [0.1, 0.15) is 0 Å².